The van der Waals surface area contributed by atoms with Gasteiger partial charge in [-0.3, -0.25) is 0 Å². The Morgan fingerprint density at radius 2 is 2.20 bits per heavy atom. The minimum absolute atomic E-state index is 0.337. The highest BCUT2D eigenvalue weighted by atomic mass is 19.3. The van der Waals surface area contributed by atoms with Gasteiger partial charge in [0.15, 0.2) is 0 Å². The number of aromatic nitrogens is 1. The maximum atomic E-state index is 12.4. The van der Waals surface area contributed by atoms with Crippen molar-refractivity contribution in [3.8, 4) is 0 Å². The van der Waals surface area contributed by atoms with E-state index in [0.29, 0.717) is 6.07 Å². The lowest BCUT2D eigenvalue weighted by atomic mass is 10.1. The van der Waals surface area contributed by atoms with Crippen LogP contribution in [0.1, 0.15) is 17.6 Å². The molecule has 0 saturated carbocycles. The van der Waals surface area contributed by atoms with Gasteiger partial charge < -0.3 is 15.8 Å². The van der Waals surface area contributed by atoms with Crippen LogP contribution in [0, 0.1) is 10.1 Å². The van der Waals surface area contributed by atoms with Crippen molar-refractivity contribution < 1.29 is 13.7 Å². The summed E-state index contributed by atoms with van der Waals surface area (Å²) in [6.45, 7) is -0.396. The molecule has 0 aliphatic rings. The molecular formula is C7H7F2N3O3. The molecule has 0 atom stereocenters. The van der Waals surface area contributed by atoms with Crippen molar-refractivity contribution in [2.24, 2.45) is 5.73 Å². The largest absolute Gasteiger partial charge is 0.358 e. The number of hydrogen-bond donors (Lipinski definition) is 2. The monoisotopic (exact) mass is 219 g/mol. The number of alkyl halides is 2. The second-order valence-electron chi connectivity index (χ2n) is 2.68. The van der Waals surface area contributed by atoms with Crippen molar-refractivity contribution in [1.29, 1.82) is 0 Å². The summed E-state index contributed by atoms with van der Waals surface area (Å²) in [5, 5.41) is 10.3. The van der Waals surface area contributed by atoms with Crippen LogP contribution >= 0.6 is 0 Å². The standard InChI is InChI=1S/C7H7F2N3O3/c8-6(9)3-1-5(12(14)15)11-7(13)4(3)2-10/h1,6H,2,10H2,(H,11,13). The van der Waals surface area contributed by atoms with Crippen LogP contribution in [0.2, 0.25) is 0 Å². The maximum absolute atomic E-state index is 12.4. The normalized spacial score (nSPS) is 10.7. The molecule has 6 nitrogen and oxygen atoms in total. The summed E-state index contributed by atoms with van der Waals surface area (Å²) in [4.78, 5) is 22.3. The van der Waals surface area contributed by atoms with Gasteiger partial charge in [0.05, 0.1) is 5.56 Å². The number of nitrogens with one attached hydrogen (secondary N) is 1. The second-order valence-corrected chi connectivity index (χ2v) is 2.68. The highest BCUT2D eigenvalue weighted by Crippen LogP contribution is 2.23. The summed E-state index contributed by atoms with van der Waals surface area (Å²) < 4.78 is 24.8. The summed E-state index contributed by atoms with van der Waals surface area (Å²) in [5.41, 5.74) is 3.10. The van der Waals surface area contributed by atoms with Crippen molar-refractivity contribution in [3.05, 3.63) is 37.7 Å². The average Bonchev–Trinajstić information content (AvgIpc) is 2.16. The molecule has 0 amide bonds. The van der Waals surface area contributed by atoms with Crippen LogP contribution in [-0.4, -0.2) is 9.91 Å². The lowest BCUT2D eigenvalue weighted by Crippen LogP contribution is -2.20. The van der Waals surface area contributed by atoms with E-state index in [4.69, 9.17) is 5.73 Å². The lowest BCUT2D eigenvalue weighted by molar-refractivity contribution is -0.389. The third-order valence-corrected chi connectivity index (χ3v) is 1.79. The van der Waals surface area contributed by atoms with E-state index >= 15 is 0 Å². The molecule has 1 rings (SSSR count). The molecule has 1 heterocycles. The predicted octanol–water partition coefficient (Wildman–Crippen LogP) is 0.679. The van der Waals surface area contributed by atoms with E-state index in [1.165, 1.54) is 0 Å². The molecule has 0 aromatic carbocycles. The molecule has 0 aliphatic carbocycles. The lowest BCUT2D eigenvalue weighted by Gasteiger charge is -2.04. The molecule has 8 heteroatoms. The summed E-state index contributed by atoms with van der Waals surface area (Å²) in [7, 11) is 0. The Kier molecular flexibility index (Phi) is 3.10. The van der Waals surface area contributed by atoms with Crippen LogP contribution in [0.15, 0.2) is 10.9 Å². The summed E-state index contributed by atoms with van der Waals surface area (Å²) in [6, 6.07) is 0.619. The molecular weight excluding hydrogens is 212 g/mol. The zero-order valence-corrected chi connectivity index (χ0v) is 7.37. The summed E-state index contributed by atoms with van der Waals surface area (Å²) >= 11 is 0. The smallest absolute Gasteiger partial charge is 0.336 e. The minimum Gasteiger partial charge on any atom is -0.358 e. The third-order valence-electron chi connectivity index (χ3n) is 1.79. The predicted molar refractivity (Wildman–Crippen MR) is 46.6 cm³/mol. The Morgan fingerprint density at radius 1 is 1.60 bits per heavy atom. The van der Waals surface area contributed by atoms with Crippen molar-refractivity contribution in [1.82, 2.24) is 4.98 Å². The third kappa shape index (κ3) is 2.15. The molecule has 0 radical (unpaired) electrons. The Labute approximate surface area is 81.9 Å². The van der Waals surface area contributed by atoms with Crippen molar-refractivity contribution in [2.45, 2.75) is 13.0 Å². The van der Waals surface area contributed by atoms with Gasteiger partial charge >= 0.3 is 11.4 Å². The van der Waals surface area contributed by atoms with Crippen LogP contribution in [0.3, 0.4) is 0 Å². The average molecular weight is 219 g/mol. The van der Waals surface area contributed by atoms with E-state index < -0.39 is 34.8 Å². The fourth-order valence-corrected chi connectivity index (χ4v) is 1.10. The Morgan fingerprint density at radius 3 is 2.60 bits per heavy atom. The van der Waals surface area contributed by atoms with Gasteiger partial charge in [-0.25, -0.2) is 18.6 Å². The van der Waals surface area contributed by atoms with Crippen LogP contribution in [0.5, 0.6) is 0 Å². The molecule has 0 aliphatic heterocycles. The van der Waals surface area contributed by atoms with Crippen LogP contribution in [0.4, 0.5) is 14.6 Å². The van der Waals surface area contributed by atoms with E-state index in [-0.39, 0.29) is 5.56 Å². The van der Waals surface area contributed by atoms with Gasteiger partial charge in [0, 0.05) is 18.2 Å². The van der Waals surface area contributed by atoms with Crippen LogP contribution in [-0.2, 0) is 6.54 Å². The van der Waals surface area contributed by atoms with Crippen LogP contribution in [0.25, 0.3) is 0 Å². The van der Waals surface area contributed by atoms with E-state index in [2.05, 4.69) is 0 Å². The molecule has 0 spiro atoms. The zero-order valence-electron chi connectivity index (χ0n) is 7.37. The number of nitrogens with zero attached hydrogens (tertiary/aromatic N) is 1. The molecule has 82 valence electrons. The highest BCUT2D eigenvalue weighted by Gasteiger charge is 2.20. The Bertz CT molecular complexity index is 444. The first kappa shape index (κ1) is 11.2. The topological polar surface area (TPSA) is 102 Å². The molecule has 3 N–H and O–H groups in total. The van der Waals surface area contributed by atoms with Gasteiger partial charge in [0.25, 0.3) is 6.43 Å². The number of pyridine rings is 1. The number of hydrogen-bond acceptors (Lipinski definition) is 4. The van der Waals surface area contributed by atoms with Crippen LogP contribution < -0.4 is 11.3 Å². The second kappa shape index (κ2) is 4.13. The molecule has 1 aromatic rings. The number of H-pyrrole nitrogens is 1. The minimum atomic E-state index is -2.97. The number of nitrogens with two attached hydrogens (primary N) is 1. The number of halogens is 2. The SMILES string of the molecule is NCc1c(C(F)F)cc([N+](=O)[O-])[nH]c1=O. The van der Waals surface area contributed by atoms with Crippen molar-refractivity contribution in [3.63, 3.8) is 0 Å². The highest BCUT2D eigenvalue weighted by molar-refractivity contribution is 5.33. The van der Waals surface area contributed by atoms with Gasteiger partial charge in [-0.2, -0.15) is 0 Å². The zero-order chi connectivity index (χ0) is 11.6. The van der Waals surface area contributed by atoms with E-state index in [1.54, 1.807) is 0 Å². The fourth-order valence-electron chi connectivity index (χ4n) is 1.10. The van der Waals surface area contributed by atoms with Crippen molar-refractivity contribution in [2.75, 3.05) is 0 Å². The maximum Gasteiger partial charge on any atom is 0.336 e. The molecule has 0 saturated heterocycles. The summed E-state index contributed by atoms with van der Waals surface area (Å²) in [6.07, 6.45) is -2.97. The van der Waals surface area contributed by atoms with E-state index in [9.17, 15) is 23.7 Å². The first-order valence-electron chi connectivity index (χ1n) is 3.86. The first-order chi connectivity index (χ1) is 6.97. The number of nitro groups is 1. The van der Waals surface area contributed by atoms with Gasteiger partial charge in [0.1, 0.15) is 0 Å². The number of aromatic amines is 1. The summed E-state index contributed by atoms with van der Waals surface area (Å²) in [5.74, 6) is -0.771. The van der Waals surface area contributed by atoms with Gasteiger partial charge in [-0.05, 0) is 4.92 Å². The molecule has 1 aromatic heterocycles. The quantitative estimate of drug-likeness (QED) is 0.576. The fraction of sp³-hybridized carbons (Fsp3) is 0.286. The van der Waals surface area contributed by atoms with Gasteiger partial charge in [-0.15, -0.1) is 0 Å². The van der Waals surface area contributed by atoms with Gasteiger partial charge in [0.2, 0.25) is 0 Å². The molecule has 0 fully saturated rings. The molecule has 15 heavy (non-hydrogen) atoms. The van der Waals surface area contributed by atoms with E-state index in [0.717, 1.165) is 0 Å². The number of rotatable bonds is 3. The first-order valence-corrected chi connectivity index (χ1v) is 3.86. The molecule has 0 unspecified atom stereocenters. The molecule has 0 bridgehead atoms. The van der Waals surface area contributed by atoms with E-state index in [1.807, 2.05) is 4.98 Å². The van der Waals surface area contributed by atoms with Gasteiger partial charge in [-0.1, -0.05) is 0 Å². The van der Waals surface area contributed by atoms with Crippen molar-refractivity contribution >= 4 is 5.82 Å². The Balaban J connectivity index is 3.46. The Hall–Kier alpha value is -1.83.